The highest BCUT2D eigenvalue weighted by Crippen LogP contribution is 2.40. The van der Waals surface area contributed by atoms with Gasteiger partial charge in [-0.05, 0) is 55.2 Å². The van der Waals surface area contributed by atoms with Crippen molar-refractivity contribution in [2.24, 2.45) is 17.8 Å². The second-order valence-corrected chi connectivity index (χ2v) is 13.3. The Hall–Kier alpha value is -3.95. The van der Waals surface area contributed by atoms with E-state index in [0.717, 1.165) is 16.7 Å². The second kappa shape index (κ2) is 16.1. The molecule has 0 saturated carbocycles. The Labute approximate surface area is 272 Å². The van der Waals surface area contributed by atoms with E-state index in [1.165, 1.54) is 0 Å². The van der Waals surface area contributed by atoms with Crippen molar-refractivity contribution in [3.8, 4) is 0 Å². The fourth-order valence-electron chi connectivity index (χ4n) is 6.03. The van der Waals surface area contributed by atoms with Gasteiger partial charge in [0.15, 0.2) is 5.82 Å². The van der Waals surface area contributed by atoms with Gasteiger partial charge >= 0.3 is 14.3 Å². The van der Waals surface area contributed by atoms with Crippen LogP contribution in [0.3, 0.4) is 0 Å². The maximum Gasteiger partial charge on any atom is 0.692 e. The van der Waals surface area contributed by atoms with Crippen LogP contribution < -0.4 is 5.32 Å². The van der Waals surface area contributed by atoms with Gasteiger partial charge in [0.2, 0.25) is 0 Å². The number of aliphatic hydroxyl groups excluding tert-OH is 1. The van der Waals surface area contributed by atoms with E-state index in [0.29, 0.717) is 5.82 Å². The lowest BCUT2D eigenvalue weighted by Gasteiger charge is -2.36. The summed E-state index contributed by atoms with van der Waals surface area (Å²) < 4.78 is 16.1. The lowest BCUT2D eigenvalue weighted by molar-refractivity contribution is 0.00794. The van der Waals surface area contributed by atoms with E-state index in [9.17, 15) is 9.90 Å². The van der Waals surface area contributed by atoms with Gasteiger partial charge in [-0.25, -0.2) is 14.5 Å². The highest BCUT2D eigenvalue weighted by Gasteiger charge is 2.42. The molecule has 3 aromatic carbocycles. The summed E-state index contributed by atoms with van der Waals surface area (Å²) in [4.78, 5) is 32.1. The third kappa shape index (κ3) is 9.07. The number of nitrogens with one attached hydrogen (secondary N) is 1. The molecule has 4 aromatic rings. The van der Waals surface area contributed by atoms with Crippen molar-refractivity contribution in [3.63, 3.8) is 0 Å². The highest BCUT2D eigenvalue weighted by atomic mass is 31.1. The van der Waals surface area contributed by atoms with Crippen LogP contribution in [0.2, 0.25) is 0 Å². The standard InChI is InChI=1S/C35H44N4O3.HO3P/c1-24(2)29(25(3)4)31(40)30(37-33(41)42-34(5,6)7)32-36-23-39(38-32)35(26-17-11-8-12-18-26,27-19-13-9-14-20-27)28-21-15-10-16-22-28;1-4(2)3/h8-25,29-31,40H,1-7H3,(H,37,41);(H-,1,2,3)/p+1. The topological polar surface area (TPSA) is 147 Å². The Morgan fingerprint density at radius 1 is 0.804 bits per heavy atom. The van der Waals surface area contributed by atoms with E-state index < -0.39 is 37.6 Å². The normalized spacial score (nSPS) is 13.2. The van der Waals surface area contributed by atoms with Gasteiger partial charge in [-0.1, -0.05) is 119 Å². The van der Waals surface area contributed by atoms with E-state index in [2.05, 4.69) is 69.4 Å². The van der Waals surface area contributed by atoms with Gasteiger partial charge in [0, 0.05) is 4.57 Å². The number of carbonyl (C=O) groups excluding carboxylic acids is 1. The minimum atomic E-state index is -2.87. The van der Waals surface area contributed by atoms with E-state index in [4.69, 9.17) is 29.2 Å². The minimum absolute atomic E-state index is 0.126. The first-order valence-electron chi connectivity index (χ1n) is 15.3. The predicted octanol–water partition coefficient (Wildman–Crippen LogP) is 6.60. The molecule has 4 rings (SSSR count). The van der Waals surface area contributed by atoms with E-state index in [1.807, 2.05) is 80.1 Å². The molecule has 4 N–H and O–H groups in total. The molecule has 2 atom stereocenters. The summed E-state index contributed by atoms with van der Waals surface area (Å²) in [6.45, 7) is 13.7. The van der Waals surface area contributed by atoms with Crippen molar-refractivity contribution < 1.29 is 29.0 Å². The molecular formula is C35H46N4O6P+. The molecule has 0 bridgehead atoms. The van der Waals surface area contributed by atoms with E-state index in [1.54, 1.807) is 6.33 Å². The molecule has 2 unspecified atom stereocenters. The third-order valence-corrected chi connectivity index (χ3v) is 7.65. The van der Waals surface area contributed by atoms with Gasteiger partial charge in [-0.2, -0.15) is 5.10 Å². The number of aliphatic hydroxyl groups is 1. The summed E-state index contributed by atoms with van der Waals surface area (Å²) in [5.41, 5.74) is 1.42. The van der Waals surface area contributed by atoms with Crippen LogP contribution >= 0.6 is 8.25 Å². The number of hydrogen-bond donors (Lipinski definition) is 4. The number of rotatable bonds is 10. The van der Waals surface area contributed by atoms with Crippen molar-refractivity contribution in [2.75, 3.05) is 0 Å². The van der Waals surface area contributed by atoms with Gasteiger partial charge < -0.3 is 15.2 Å². The molecule has 0 aliphatic heterocycles. The Kier molecular flexibility index (Phi) is 12.7. The molecule has 1 amide bonds. The maximum atomic E-state index is 13.1. The SMILES string of the molecule is CC(C)C(C(C)C)C(O)C(NC(=O)OC(C)(C)C)c1ncn(C(c2ccccc2)(c2ccccc2)c2ccccc2)n1.O=[P+](O)O. The average molecular weight is 650 g/mol. The molecule has 0 radical (unpaired) electrons. The molecule has 1 heterocycles. The number of alkyl carbamates (subject to hydrolysis) is 1. The van der Waals surface area contributed by atoms with E-state index in [-0.39, 0.29) is 17.8 Å². The summed E-state index contributed by atoms with van der Waals surface area (Å²) in [5.74, 6) is 0.495. The Bertz CT molecular complexity index is 1420. The van der Waals surface area contributed by atoms with Crippen LogP contribution in [0, 0.1) is 17.8 Å². The van der Waals surface area contributed by atoms with Gasteiger partial charge in [0.25, 0.3) is 0 Å². The zero-order valence-electron chi connectivity index (χ0n) is 27.5. The Morgan fingerprint density at radius 2 is 1.20 bits per heavy atom. The number of benzene rings is 3. The van der Waals surface area contributed by atoms with Gasteiger partial charge in [0.05, 0.1) is 6.10 Å². The number of nitrogens with zero attached hydrogens (tertiary/aromatic N) is 3. The maximum absolute atomic E-state index is 13.1. The van der Waals surface area contributed by atoms with Crippen LogP contribution in [0.1, 0.15) is 77.0 Å². The Morgan fingerprint density at radius 3 is 1.54 bits per heavy atom. The number of aromatic nitrogens is 3. The molecule has 0 aliphatic rings. The van der Waals surface area contributed by atoms with Crippen LogP contribution in [0.25, 0.3) is 0 Å². The molecule has 0 spiro atoms. The predicted molar refractivity (Wildman–Crippen MR) is 178 cm³/mol. The largest absolute Gasteiger partial charge is 0.692 e. The number of carbonyl (C=O) groups is 1. The molecule has 11 heteroatoms. The van der Waals surface area contributed by atoms with Crippen molar-refractivity contribution in [1.29, 1.82) is 0 Å². The van der Waals surface area contributed by atoms with Crippen molar-refractivity contribution in [1.82, 2.24) is 20.1 Å². The van der Waals surface area contributed by atoms with Gasteiger partial charge in [0.1, 0.15) is 23.5 Å². The molecule has 10 nitrogen and oxygen atoms in total. The van der Waals surface area contributed by atoms with Crippen LogP contribution in [-0.4, -0.2) is 47.5 Å². The summed E-state index contributed by atoms with van der Waals surface area (Å²) in [7, 11) is -2.87. The minimum Gasteiger partial charge on any atom is -0.444 e. The summed E-state index contributed by atoms with van der Waals surface area (Å²) in [6, 6.07) is 29.7. The summed E-state index contributed by atoms with van der Waals surface area (Å²) >= 11 is 0. The first-order chi connectivity index (χ1) is 21.7. The zero-order valence-corrected chi connectivity index (χ0v) is 28.4. The first kappa shape index (κ1) is 36.5. The van der Waals surface area contributed by atoms with Gasteiger partial charge in [-0.3, -0.25) is 0 Å². The first-order valence-corrected chi connectivity index (χ1v) is 16.5. The molecule has 0 aliphatic carbocycles. The van der Waals surface area contributed by atoms with Crippen LogP contribution in [0.15, 0.2) is 97.3 Å². The fraction of sp³-hybridized carbons (Fsp3) is 0.400. The second-order valence-electron chi connectivity index (χ2n) is 12.8. The molecule has 46 heavy (non-hydrogen) atoms. The van der Waals surface area contributed by atoms with Crippen LogP contribution in [0.4, 0.5) is 4.79 Å². The van der Waals surface area contributed by atoms with Gasteiger partial charge in [-0.15, -0.1) is 9.79 Å². The third-order valence-electron chi connectivity index (χ3n) is 7.65. The van der Waals surface area contributed by atoms with Crippen molar-refractivity contribution in [3.05, 3.63) is 120 Å². The van der Waals surface area contributed by atoms with Crippen molar-refractivity contribution in [2.45, 2.75) is 71.8 Å². The molecule has 0 fully saturated rings. The monoisotopic (exact) mass is 649 g/mol. The Balaban J connectivity index is 0.00000136. The molecule has 0 saturated heterocycles. The molecular weight excluding hydrogens is 603 g/mol. The molecule has 1 aromatic heterocycles. The van der Waals surface area contributed by atoms with Crippen LogP contribution in [0.5, 0.6) is 0 Å². The smallest absolute Gasteiger partial charge is 0.444 e. The summed E-state index contributed by atoms with van der Waals surface area (Å²) in [6.07, 6.45) is 0.112. The van der Waals surface area contributed by atoms with Crippen molar-refractivity contribution >= 4 is 14.3 Å². The number of ether oxygens (including phenoxy) is 1. The number of hydrogen-bond acceptors (Lipinski definition) is 6. The fourth-order valence-corrected chi connectivity index (χ4v) is 6.03. The quantitative estimate of drug-likeness (QED) is 0.111. The number of amides is 1. The average Bonchev–Trinajstić information content (AvgIpc) is 3.46. The zero-order chi connectivity index (χ0) is 34.1. The van der Waals surface area contributed by atoms with Crippen LogP contribution in [-0.2, 0) is 14.8 Å². The lowest BCUT2D eigenvalue weighted by atomic mass is 9.77. The summed E-state index contributed by atoms with van der Waals surface area (Å²) in [5, 5.41) is 19.8. The van der Waals surface area contributed by atoms with E-state index >= 15 is 0 Å². The molecule has 246 valence electrons. The highest BCUT2D eigenvalue weighted by molar-refractivity contribution is 7.30. The lowest BCUT2D eigenvalue weighted by Crippen LogP contribution is -2.45.